The molecule has 26 heavy (non-hydrogen) atoms. The maximum absolute atomic E-state index is 13.3. The third-order valence-corrected chi connectivity index (χ3v) is 3.76. The molecule has 2 rings (SSSR count). The van der Waals surface area contributed by atoms with Crippen LogP contribution in [0.15, 0.2) is 47.6 Å². The highest BCUT2D eigenvalue weighted by atomic mass is 19.1. The SMILES string of the molecule is CCC(CNC(=NC)NCc1cccnc1OC)Oc1cccc(F)c1. The van der Waals surface area contributed by atoms with Crippen LogP contribution in [0.1, 0.15) is 18.9 Å². The summed E-state index contributed by atoms with van der Waals surface area (Å²) >= 11 is 0. The molecule has 1 atom stereocenters. The van der Waals surface area contributed by atoms with Gasteiger partial charge in [-0.3, -0.25) is 4.99 Å². The summed E-state index contributed by atoms with van der Waals surface area (Å²) in [7, 11) is 3.29. The minimum absolute atomic E-state index is 0.108. The van der Waals surface area contributed by atoms with Crippen molar-refractivity contribution in [2.45, 2.75) is 26.0 Å². The van der Waals surface area contributed by atoms with Crippen molar-refractivity contribution in [3.63, 3.8) is 0 Å². The highest BCUT2D eigenvalue weighted by molar-refractivity contribution is 5.79. The van der Waals surface area contributed by atoms with E-state index in [0.29, 0.717) is 30.7 Å². The van der Waals surface area contributed by atoms with Crippen molar-refractivity contribution < 1.29 is 13.9 Å². The van der Waals surface area contributed by atoms with E-state index in [-0.39, 0.29) is 11.9 Å². The summed E-state index contributed by atoms with van der Waals surface area (Å²) in [4.78, 5) is 8.37. The quantitative estimate of drug-likeness (QED) is 0.560. The number of halogens is 1. The lowest BCUT2D eigenvalue weighted by Gasteiger charge is -2.20. The van der Waals surface area contributed by atoms with Gasteiger partial charge in [0.15, 0.2) is 5.96 Å². The van der Waals surface area contributed by atoms with E-state index in [9.17, 15) is 4.39 Å². The molecule has 1 aromatic carbocycles. The lowest BCUT2D eigenvalue weighted by Crippen LogP contribution is -2.42. The molecule has 7 heteroatoms. The predicted molar refractivity (Wildman–Crippen MR) is 100 cm³/mol. The molecule has 1 unspecified atom stereocenters. The largest absolute Gasteiger partial charge is 0.489 e. The Hall–Kier alpha value is -2.83. The number of hydrogen-bond donors (Lipinski definition) is 2. The monoisotopic (exact) mass is 360 g/mol. The zero-order chi connectivity index (χ0) is 18.8. The molecule has 1 heterocycles. The summed E-state index contributed by atoms with van der Waals surface area (Å²) in [6.07, 6.45) is 2.35. The average molecular weight is 360 g/mol. The fourth-order valence-electron chi connectivity index (χ4n) is 2.35. The normalized spacial score (nSPS) is 12.4. The zero-order valence-electron chi connectivity index (χ0n) is 15.3. The van der Waals surface area contributed by atoms with Crippen molar-refractivity contribution in [1.29, 1.82) is 0 Å². The summed E-state index contributed by atoms with van der Waals surface area (Å²) < 4.78 is 24.3. The van der Waals surface area contributed by atoms with Crippen molar-refractivity contribution in [1.82, 2.24) is 15.6 Å². The molecule has 1 aromatic heterocycles. The number of hydrogen-bond acceptors (Lipinski definition) is 4. The van der Waals surface area contributed by atoms with E-state index in [4.69, 9.17) is 9.47 Å². The lowest BCUT2D eigenvalue weighted by atomic mass is 10.2. The van der Waals surface area contributed by atoms with E-state index in [0.717, 1.165) is 12.0 Å². The summed E-state index contributed by atoms with van der Waals surface area (Å²) in [6, 6.07) is 9.94. The lowest BCUT2D eigenvalue weighted by molar-refractivity contribution is 0.198. The Balaban J connectivity index is 1.86. The van der Waals surface area contributed by atoms with Gasteiger partial charge in [-0.1, -0.05) is 19.1 Å². The van der Waals surface area contributed by atoms with Crippen molar-refractivity contribution >= 4 is 5.96 Å². The second-order valence-corrected chi connectivity index (χ2v) is 5.58. The molecule has 0 spiro atoms. The number of aromatic nitrogens is 1. The van der Waals surface area contributed by atoms with E-state index in [2.05, 4.69) is 20.6 Å². The number of ether oxygens (including phenoxy) is 2. The first-order valence-corrected chi connectivity index (χ1v) is 8.50. The van der Waals surface area contributed by atoms with Gasteiger partial charge in [0, 0.05) is 31.4 Å². The van der Waals surface area contributed by atoms with E-state index in [1.165, 1.54) is 12.1 Å². The highest BCUT2D eigenvalue weighted by Gasteiger charge is 2.10. The molecule has 0 saturated carbocycles. The fourth-order valence-corrected chi connectivity index (χ4v) is 2.35. The van der Waals surface area contributed by atoms with Crippen LogP contribution in [0, 0.1) is 5.82 Å². The van der Waals surface area contributed by atoms with Crippen molar-refractivity contribution in [3.8, 4) is 11.6 Å². The molecular formula is C19H25FN4O2. The molecule has 2 N–H and O–H groups in total. The van der Waals surface area contributed by atoms with Gasteiger partial charge in [0.2, 0.25) is 5.88 Å². The molecule has 0 bridgehead atoms. The maximum atomic E-state index is 13.3. The van der Waals surface area contributed by atoms with Crippen LogP contribution in [0.5, 0.6) is 11.6 Å². The summed E-state index contributed by atoms with van der Waals surface area (Å²) in [5, 5.41) is 6.44. The molecule has 2 aromatic rings. The van der Waals surface area contributed by atoms with Gasteiger partial charge < -0.3 is 20.1 Å². The van der Waals surface area contributed by atoms with Crippen LogP contribution in [0.3, 0.4) is 0 Å². The smallest absolute Gasteiger partial charge is 0.218 e. The Morgan fingerprint density at radius 3 is 2.81 bits per heavy atom. The number of aliphatic imine (C=N–C) groups is 1. The van der Waals surface area contributed by atoms with Gasteiger partial charge in [0.05, 0.1) is 13.7 Å². The Morgan fingerprint density at radius 1 is 1.27 bits per heavy atom. The van der Waals surface area contributed by atoms with Crippen LogP contribution in [-0.2, 0) is 6.54 Å². The number of benzene rings is 1. The van der Waals surface area contributed by atoms with Crippen molar-refractivity contribution in [2.24, 2.45) is 4.99 Å². The summed E-state index contributed by atoms with van der Waals surface area (Å²) in [6.45, 7) is 3.08. The molecule has 0 aliphatic carbocycles. The van der Waals surface area contributed by atoms with Crippen molar-refractivity contribution in [2.75, 3.05) is 20.7 Å². The molecule has 0 radical (unpaired) electrons. The first kappa shape index (κ1) is 19.5. The predicted octanol–water partition coefficient (Wildman–Crippen LogP) is 2.75. The number of methoxy groups -OCH3 is 1. The van der Waals surface area contributed by atoms with E-state index in [1.54, 1.807) is 32.5 Å². The third kappa shape index (κ3) is 5.91. The second-order valence-electron chi connectivity index (χ2n) is 5.58. The first-order valence-electron chi connectivity index (χ1n) is 8.50. The van der Waals surface area contributed by atoms with E-state index >= 15 is 0 Å². The number of guanidine groups is 1. The Bertz CT molecular complexity index is 724. The second kappa shape index (κ2) is 10.2. The summed E-state index contributed by atoms with van der Waals surface area (Å²) in [5.41, 5.74) is 0.931. The Kier molecular flexibility index (Phi) is 7.67. The molecular weight excluding hydrogens is 335 g/mol. The van der Waals surface area contributed by atoms with E-state index in [1.807, 2.05) is 19.1 Å². The molecule has 0 aliphatic rings. The van der Waals surface area contributed by atoms with Crippen LogP contribution in [0.2, 0.25) is 0 Å². The molecule has 0 aliphatic heterocycles. The standard InChI is InChI=1S/C19H25FN4O2/c1-4-16(26-17-9-5-8-15(20)11-17)13-24-19(21-2)23-12-14-7-6-10-22-18(14)25-3/h5-11,16H,4,12-13H2,1-3H3,(H2,21,23,24). The topological polar surface area (TPSA) is 67.8 Å². The van der Waals surface area contributed by atoms with E-state index < -0.39 is 0 Å². The number of nitrogens with zero attached hydrogens (tertiary/aromatic N) is 2. The number of rotatable bonds is 8. The highest BCUT2D eigenvalue weighted by Crippen LogP contribution is 2.15. The van der Waals surface area contributed by atoms with Crippen LogP contribution in [0.25, 0.3) is 0 Å². The van der Waals surface area contributed by atoms with Gasteiger partial charge in [-0.25, -0.2) is 9.37 Å². The molecule has 6 nitrogen and oxygen atoms in total. The van der Waals surface area contributed by atoms with Crippen LogP contribution in [0.4, 0.5) is 4.39 Å². The minimum Gasteiger partial charge on any atom is -0.489 e. The number of pyridine rings is 1. The molecule has 0 saturated heterocycles. The Labute approximate surface area is 153 Å². The average Bonchev–Trinajstić information content (AvgIpc) is 2.67. The summed E-state index contributed by atoms with van der Waals surface area (Å²) in [5.74, 6) is 1.42. The first-order chi connectivity index (χ1) is 12.7. The van der Waals surface area contributed by atoms with Gasteiger partial charge in [-0.05, 0) is 24.6 Å². The molecule has 0 fully saturated rings. The maximum Gasteiger partial charge on any atom is 0.218 e. The molecule has 0 amide bonds. The number of nitrogens with one attached hydrogen (secondary N) is 2. The third-order valence-electron chi connectivity index (χ3n) is 3.76. The van der Waals surface area contributed by atoms with Gasteiger partial charge in [0.25, 0.3) is 0 Å². The molecule has 140 valence electrons. The van der Waals surface area contributed by atoms with Gasteiger partial charge in [-0.2, -0.15) is 0 Å². The zero-order valence-corrected chi connectivity index (χ0v) is 15.3. The van der Waals surface area contributed by atoms with Crippen LogP contribution < -0.4 is 20.1 Å². The van der Waals surface area contributed by atoms with Gasteiger partial charge in [-0.15, -0.1) is 0 Å². The van der Waals surface area contributed by atoms with Gasteiger partial charge >= 0.3 is 0 Å². The van der Waals surface area contributed by atoms with Crippen LogP contribution in [-0.4, -0.2) is 37.7 Å². The Morgan fingerprint density at radius 2 is 2.12 bits per heavy atom. The minimum atomic E-state index is -0.312. The van der Waals surface area contributed by atoms with Crippen molar-refractivity contribution in [3.05, 3.63) is 54.0 Å². The van der Waals surface area contributed by atoms with Crippen LogP contribution >= 0.6 is 0 Å². The fraction of sp³-hybridized carbons (Fsp3) is 0.368. The van der Waals surface area contributed by atoms with Gasteiger partial charge in [0.1, 0.15) is 17.7 Å².